The van der Waals surface area contributed by atoms with Gasteiger partial charge in [-0.3, -0.25) is 9.59 Å². The molecule has 0 heterocycles. The maximum Gasteiger partial charge on any atom is 0.329 e. The third-order valence-corrected chi connectivity index (χ3v) is 2.56. The molecule has 0 atom stereocenters. The normalized spacial score (nSPS) is 10.4. The fourth-order valence-electron chi connectivity index (χ4n) is 1.15. The number of hydrogen-bond acceptors (Lipinski definition) is 5. The molecular weight excluding hydrogens is 318 g/mol. The summed E-state index contributed by atoms with van der Waals surface area (Å²) in [4.78, 5) is 21.3. The van der Waals surface area contributed by atoms with Gasteiger partial charge in [-0.15, -0.1) is 0 Å². The van der Waals surface area contributed by atoms with E-state index in [1.165, 1.54) is 12.3 Å². The molecule has 4 N–H and O–H groups in total. The van der Waals surface area contributed by atoms with Crippen molar-refractivity contribution in [3.63, 3.8) is 0 Å². The molecular formula is C11H12BrN3O4. The van der Waals surface area contributed by atoms with Crippen molar-refractivity contribution in [3.8, 4) is 11.5 Å². The van der Waals surface area contributed by atoms with Gasteiger partial charge in [0, 0.05) is 0 Å². The molecule has 1 rings (SSSR count). The van der Waals surface area contributed by atoms with Crippen molar-refractivity contribution in [1.82, 2.24) is 5.43 Å². The summed E-state index contributed by atoms with van der Waals surface area (Å²) in [7, 11) is 0. The van der Waals surface area contributed by atoms with Gasteiger partial charge in [0.2, 0.25) is 0 Å². The molecule has 0 radical (unpaired) electrons. The smallest absolute Gasteiger partial charge is 0.329 e. The number of benzene rings is 1. The molecule has 8 heteroatoms. The first-order valence-electron chi connectivity index (χ1n) is 5.23. The van der Waals surface area contributed by atoms with Crippen LogP contribution in [0, 0.1) is 0 Å². The van der Waals surface area contributed by atoms with Gasteiger partial charge >= 0.3 is 11.8 Å². The number of amides is 2. The average Bonchev–Trinajstić information content (AvgIpc) is 2.35. The van der Waals surface area contributed by atoms with Gasteiger partial charge in [-0.2, -0.15) is 5.10 Å². The van der Waals surface area contributed by atoms with Gasteiger partial charge in [0.05, 0.1) is 17.3 Å². The van der Waals surface area contributed by atoms with Crippen molar-refractivity contribution < 1.29 is 19.4 Å². The fraction of sp³-hybridized carbons (Fsp3) is 0.182. The molecule has 0 spiro atoms. The zero-order valence-corrected chi connectivity index (χ0v) is 11.6. The van der Waals surface area contributed by atoms with Crippen molar-refractivity contribution in [2.75, 3.05) is 6.61 Å². The Kier molecular flexibility index (Phi) is 5.31. The lowest BCUT2D eigenvalue weighted by molar-refractivity contribution is -0.137. The summed E-state index contributed by atoms with van der Waals surface area (Å²) in [5.41, 5.74) is 7.24. The fourth-order valence-corrected chi connectivity index (χ4v) is 1.61. The van der Waals surface area contributed by atoms with Crippen LogP contribution in [0.2, 0.25) is 0 Å². The minimum Gasteiger partial charge on any atom is -0.503 e. The molecule has 2 amide bonds. The van der Waals surface area contributed by atoms with Gasteiger partial charge in [0.15, 0.2) is 11.5 Å². The Hall–Kier alpha value is -2.09. The quantitative estimate of drug-likeness (QED) is 0.423. The van der Waals surface area contributed by atoms with Crippen molar-refractivity contribution in [1.29, 1.82) is 0 Å². The van der Waals surface area contributed by atoms with Crippen LogP contribution in [0.5, 0.6) is 11.5 Å². The lowest BCUT2D eigenvalue weighted by Gasteiger charge is -2.08. The number of primary amides is 1. The van der Waals surface area contributed by atoms with Crippen LogP contribution in [-0.2, 0) is 9.59 Å². The van der Waals surface area contributed by atoms with Crippen molar-refractivity contribution in [3.05, 3.63) is 22.2 Å². The molecule has 0 bridgehead atoms. The Bertz CT molecular complexity index is 531. The number of carbonyl (C=O) groups excluding carboxylic acids is 2. The molecule has 0 saturated heterocycles. The second-order valence-electron chi connectivity index (χ2n) is 3.35. The summed E-state index contributed by atoms with van der Waals surface area (Å²) in [6.07, 6.45) is 1.29. The van der Waals surface area contributed by atoms with Crippen LogP contribution < -0.4 is 15.9 Å². The van der Waals surface area contributed by atoms with E-state index < -0.39 is 11.8 Å². The topological polar surface area (TPSA) is 114 Å². The molecule has 0 fully saturated rings. The number of hydrogen-bond donors (Lipinski definition) is 3. The summed E-state index contributed by atoms with van der Waals surface area (Å²) < 4.78 is 5.64. The van der Waals surface area contributed by atoms with Crippen LogP contribution in [-0.4, -0.2) is 29.7 Å². The van der Waals surface area contributed by atoms with Crippen LogP contribution in [0.15, 0.2) is 21.7 Å². The van der Waals surface area contributed by atoms with Crippen LogP contribution in [0.4, 0.5) is 0 Å². The summed E-state index contributed by atoms with van der Waals surface area (Å²) in [6.45, 7) is 2.17. The van der Waals surface area contributed by atoms with E-state index >= 15 is 0 Å². The second kappa shape index (κ2) is 6.74. The average molecular weight is 330 g/mol. The summed E-state index contributed by atoms with van der Waals surface area (Å²) in [5, 5.41) is 13.2. The highest BCUT2D eigenvalue weighted by Crippen LogP contribution is 2.34. The summed E-state index contributed by atoms with van der Waals surface area (Å²) >= 11 is 3.16. The molecule has 0 aliphatic carbocycles. The van der Waals surface area contributed by atoms with E-state index in [1.54, 1.807) is 13.0 Å². The Morgan fingerprint density at radius 3 is 2.84 bits per heavy atom. The van der Waals surface area contributed by atoms with Gasteiger partial charge in [-0.05, 0) is 40.5 Å². The number of aromatic hydroxyl groups is 1. The van der Waals surface area contributed by atoms with Crippen LogP contribution in [0.1, 0.15) is 12.5 Å². The lowest BCUT2D eigenvalue weighted by atomic mass is 10.2. The SMILES string of the molecule is CCOc1cc(/C=N/NC(=O)C(N)=O)cc(Br)c1O. The number of nitrogens with zero attached hydrogens (tertiary/aromatic N) is 1. The third-order valence-electron chi connectivity index (χ3n) is 1.95. The minimum atomic E-state index is -1.13. The number of ether oxygens (including phenoxy) is 1. The predicted molar refractivity (Wildman–Crippen MR) is 71.9 cm³/mol. The van der Waals surface area contributed by atoms with E-state index in [4.69, 9.17) is 10.5 Å². The number of phenolic OH excluding ortho intramolecular Hbond substituents is 1. The number of halogens is 1. The molecule has 0 saturated carbocycles. The first-order valence-corrected chi connectivity index (χ1v) is 6.03. The molecule has 1 aromatic carbocycles. The molecule has 19 heavy (non-hydrogen) atoms. The van der Waals surface area contributed by atoms with Crippen LogP contribution >= 0.6 is 15.9 Å². The Labute approximate surface area is 117 Å². The van der Waals surface area contributed by atoms with Crippen molar-refractivity contribution in [2.45, 2.75) is 6.92 Å². The van der Waals surface area contributed by atoms with E-state index in [1.807, 2.05) is 5.43 Å². The number of hydrazone groups is 1. The number of nitrogens with one attached hydrogen (secondary N) is 1. The maximum absolute atomic E-state index is 10.9. The standard InChI is InChI=1S/C11H12BrN3O4/c1-2-19-8-4-6(3-7(12)9(8)16)5-14-15-11(18)10(13)17/h3-5,16H,2H2,1H3,(H2,13,17)(H,15,18)/b14-5+. The van der Waals surface area contributed by atoms with Gasteiger partial charge < -0.3 is 15.6 Å². The van der Waals surface area contributed by atoms with Crippen LogP contribution in [0.3, 0.4) is 0 Å². The molecule has 0 aliphatic rings. The van der Waals surface area contributed by atoms with Crippen molar-refractivity contribution >= 4 is 34.0 Å². The molecule has 1 aromatic rings. The third kappa shape index (κ3) is 4.25. The Balaban J connectivity index is 2.87. The number of carbonyl (C=O) groups is 2. The summed E-state index contributed by atoms with van der Waals surface area (Å²) in [6, 6.07) is 3.10. The Morgan fingerprint density at radius 2 is 2.26 bits per heavy atom. The highest BCUT2D eigenvalue weighted by Gasteiger charge is 2.09. The largest absolute Gasteiger partial charge is 0.503 e. The van der Waals surface area contributed by atoms with E-state index in [-0.39, 0.29) is 11.5 Å². The predicted octanol–water partition coefficient (Wildman–Crippen LogP) is 0.489. The summed E-state index contributed by atoms with van der Waals surface area (Å²) in [5.74, 6) is -1.89. The van der Waals surface area contributed by atoms with E-state index in [0.29, 0.717) is 16.6 Å². The first-order chi connectivity index (χ1) is 8.95. The monoisotopic (exact) mass is 329 g/mol. The minimum absolute atomic E-state index is 0.0276. The molecule has 0 aliphatic heterocycles. The number of phenols is 1. The van der Waals surface area contributed by atoms with Gasteiger partial charge in [0.25, 0.3) is 0 Å². The number of nitrogens with two attached hydrogens (primary N) is 1. The van der Waals surface area contributed by atoms with Gasteiger partial charge in [0.1, 0.15) is 0 Å². The lowest BCUT2D eigenvalue weighted by Crippen LogP contribution is -2.32. The highest BCUT2D eigenvalue weighted by molar-refractivity contribution is 9.10. The molecule has 0 aromatic heterocycles. The first kappa shape index (κ1) is 15.0. The molecule has 0 unspecified atom stereocenters. The Morgan fingerprint density at radius 1 is 1.58 bits per heavy atom. The van der Waals surface area contributed by atoms with E-state index in [9.17, 15) is 14.7 Å². The number of rotatable bonds is 4. The second-order valence-corrected chi connectivity index (χ2v) is 4.20. The zero-order chi connectivity index (χ0) is 14.4. The molecule has 102 valence electrons. The highest BCUT2D eigenvalue weighted by atomic mass is 79.9. The van der Waals surface area contributed by atoms with E-state index in [0.717, 1.165) is 0 Å². The van der Waals surface area contributed by atoms with Crippen molar-refractivity contribution in [2.24, 2.45) is 10.8 Å². The van der Waals surface area contributed by atoms with Crippen LogP contribution in [0.25, 0.3) is 0 Å². The zero-order valence-electron chi connectivity index (χ0n) is 10.0. The maximum atomic E-state index is 10.9. The molecule has 7 nitrogen and oxygen atoms in total. The van der Waals surface area contributed by atoms with Gasteiger partial charge in [-0.25, -0.2) is 5.43 Å². The van der Waals surface area contributed by atoms with Gasteiger partial charge in [-0.1, -0.05) is 0 Å². The van der Waals surface area contributed by atoms with E-state index in [2.05, 4.69) is 21.0 Å².